The van der Waals surface area contributed by atoms with E-state index >= 15 is 0 Å². The number of benzene rings is 1. The van der Waals surface area contributed by atoms with E-state index in [2.05, 4.69) is 48.9 Å². The molecule has 94 valence electrons. The molecular weight excluding hydrogens is 240 g/mol. The lowest BCUT2D eigenvalue weighted by atomic mass is 10.1. The lowest BCUT2D eigenvalue weighted by molar-refractivity contribution is 0.693. The summed E-state index contributed by atoms with van der Waals surface area (Å²) in [7, 11) is 0. The highest BCUT2D eigenvalue weighted by Gasteiger charge is 2.25. The molecule has 0 bridgehead atoms. The molecule has 1 aliphatic carbocycles. The van der Waals surface area contributed by atoms with Crippen LogP contribution < -0.4 is 4.80 Å². The number of aryl methyl sites for hydroxylation is 3. The van der Waals surface area contributed by atoms with Crippen molar-refractivity contribution >= 4 is 17.0 Å². The average Bonchev–Trinajstić information content (AvgIpc) is 3.04. The Hall–Kier alpha value is -1.35. The van der Waals surface area contributed by atoms with Crippen molar-refractivity contribution in [2.75, 3.05) is 0 Å². The van der Waals surface area contributed by atoms with Crippen LogP contribution in [-0.4, -0.2) is 4.57 Å². The van der Waals surface area contributed by atoms with Crippen LogP contribution in [0.3, 0.4) is 0 Å². The molecule has 1 aromatic carbocycles. The third-order valence-corrected chi connectivity index (χ3v) is 4.22. The average molecular weight is 258 g/mol. The SMILES string of the molecule is Cc1cc(C)cc(N=c2scc(C)n2C2CC2)c1. The molecule has 2 nitrogen and oxygen atoms in total. The molecule has 0 N–H and O–H groups in total. The highest BCUT2D eigenvalue weighted by molar-refractivity contribution is 7.07. The first-order chi connectivity index (χ1) is 8.63. The molecule has 1 aliphatic rings. The van der Waals surface area contributed by atoms with Crippen molar-refractivity contribution in [2.24, 2.45) is 4.99 Å². The summed E-state index contributed by atoms with van der Waals surface area (Å²) in [6.07, 6.45) is 2.61. The van der Waals surface area contributed by atoms with Crippen molar-refractivity contribution in [3.05, 3.63) is 45.2 Å². The molecule has 1 aromatic heterocycles. The molecule has 1 heterocycles. The Kier molecular flexibility index (Phi) is 2.86. The number of rotatable bonds is 2. The number of aromatic nitrogens is 1. The molecule has 0 radical (unpaired) electrons. The summed E-state index contributed by atoms with van der Waals surface area (Å²) in [4.78, 5) is 5.97. The fourth-order valence-corrected chi connectivity index (χ4v) is 3.34. The Labute approximate surface area is 112 Å². The molecular formula is C15H18N2S. The lowest BCUT2D eigenvalue weighted by Gasteiger charge is -2.03. The predicted octanol–water partition coefficient (Wildman–Crippen LogP) is 4.04. The van der Waals surface area contributed by atoms with Crippen molar-refractivity contribution in [1.82, 2.24) is 4.57 Å². The molecule has 18 heavy (non-hydrogen) atoms. The van der Waals surface area contributed by atoms with Gasteiger partial charge in [-0.2, -0.15) is 0 Å². The van der Waals surface area contributed by atoms with E-state index < -0.39 is 0 Å². The Bertz CT molecular complexity index is 625. The van der Waals surface area contributed by atoms with Gasteiger partial charge in [-0.15, -0.1) is 11.3 Å². The Morgan fingerprint density at radius 2 is 1.78 bits per heavy atom. The molecule has 0 unspecified atom stereocenters. The van der Waals surface area contributed by atoms with E-state index in [-0.39, 0.29) is 0 Å². The maximum absolute atomic E-state index is 4.83. The molecule has 1 saturated carbocycles. The second-order valence-electron chi connectivity index (χ2n) is 5.22. The van der Waals surface area contributed by atoms with Gasteiger partial charge in [0.2, 0.25) is 0 Å². The van der Waals surface area contributed by atoms with Gasteiger partial charge in [-0.25, -0.2) is 4.99 Å². The molecule has 0 atom stereocenters. The molecule has 3 heteroatoms. The molecule has 0 aliphatic heterocycles. The van der Waals surface area contributed by atoms with Gasteiger partial charge >= 0.3 is 0 Å². The van der Waals surface area contributed by atoms with E-state index in [0.29, 0.717) is 6.04 Å². The van der Waals surface area contributed by atoms with Gasteiger partial charge in [0.15, 0.2) is 4.80 Å². The van der Waals surface area contributed by atoms with E-state index in [9.17, 15) is 0 Å². The monoisotopic (exact) mass is 258 g/mol. The van der Waals surface area contributed by atoms with Gasteiger partial charge in [-0.05, 0) is 56.9 Å². The minimum Gasteiger partial charge on any atom is -0.318 e. The first kappa shape index (κ1) is 11.7. The first-order valence-electron chi connectivity index (χ1n) is 6.43. The standard InChI is InChI=1S/C15H18N2S/c1-10-6-11(2)8-13(7-10)16-15-17(14-4-5-14)12(3)9-18-15/h6-9,14H,4-5H2,1-3H3. The van der Waals surface area contributed by atoms with E-state index in [0.717, 1.165) is 10.5 Å². The quantitative estimate of drug-likeness (QED) is 0.773. The fourth-order valence-electron chi connectivity index (χ4n) is 2.39. The van der Waals surface area contributed by atoms with Crippen LogP contribution in [-0.2, 0) is 0 Å². The second-order valence-corrected chi connectivity index (χ2v) is 6.06. The number of thiazole rings is 1. The summed E-state index contributed by atoms with van der Waals surface area (Å²) < 4.78 is 2.39. The van der Waals surface area contributed by atoms with E-state index in [1.807, 2.05) is 0 Å². The fraction of sp³-hybridized carbons (Fsp3) is 0.400. The van der Waals surface area contributed by atoms with Crippen LogP contribution in [0.1, 0.15) is 35.7 Å². The zero-order valence-electron chi connectivity index (χ0n) is 11.1. The van der Waals surface area contributed by atoms with Gasteiger partial charge in [0.25, 0.3) is 0 Å². The molecule has 0 saturated heterocycles. The largest absolute Gasteiger partial charge is 0.318 e. The Morgan fingerprint density at radius 3 is 2.39 bits per heavy atom. The summed E-state index contributed by atoms with van der Waals surface area (Å²) in [5.41, 5.74) is 4.97. The van der Waals surface area contributed by atoms with E-state index in [4.69, 9.17) is 4.99 Å². The number of hydrogen-bond donors (Lipinski definition) is 0. The van der Waals surface area contributed by atoms with Crippen LogP contribution >= 0.6 is 11.3 Å². The zero-order chi connectivity index (χ0) is 12.7. The maximum atomic E-state index is 4.83. The molecule has 2 aromatic rings. The Balaban J connectivity index is 2.10. The van der Waals surface area contributed by atoms with Crippen LogP contribution in [0.5, 0.6) is 0 Å². The minimum absolute atomic E-state index is 0.695. The van der Waals surface area contributed by atoms with Crippen molar-refractivity contribution in [2.45, 2.75) is 39.7 Å². The van der Waals surface area contributed by atoms with Gasteiger partial charge in [-0.3, -0.25) is 0 Å². The van der Waals surface area contributed by atoms with Crippen LogP contribution in [0.2, 0.25) is 0 Å². The molecule has 1 fully saturated rings. The topological polar surface area (TPSA) is 17.3 Å². The van der Waals surface area contributed by atoms with Crippen LogP contribution in [0, 0.1) is 20.8 Å². The first-order valence-corrected chi connectivity index (χ1v) is 7.31. The van der Waals surface area contributed by atoms with Gasteiger partial charge in [-0.1, -0.05) is 6.07 Å². The lowest BCUT2D eigenvalue weighted by Crippen LogP contribution is -2.14. The number of hydrogen-bond acceptors (Lipinski definition) is 2. The second kappa shape index (κ2) is 4.39. The van der Waals surface area contributed by atoms with E-state index in [1.165, 1.54) is 29.7 Å². The van der Waals surface area contributed by atoms with Crippen LogP contribution in [0.15, 0.2) is 28.6 Å². The highest BCUT2D eigenvalue weighted by atomic mass is 32.1. The normalized spacial score (nSPS) is 16.3. The summed E-state index contributed by atoms with van der Waals surface area (Å²) in [6, 6.07) is 7.19. The third-order valence-electron chi connectivity index (χ3n) is 3.26. The minimum atomic E-state index is 0.695. The van der Waals surface area contributed by atoms with Gasteiger partial charge in [0.05, 0.1) is 5.69 Å². The zero-order valence-corrected chi connectivity index (χ0v) is 11.9. The molecule has 3 rings (SSSR count). The van der Waals surface area contributed by atoms with Gasteiger partial charge in [0, 0.05) is 17.1 Å². The van der Waals surface area contributed by atoms with Crippen molar-refractivity contribution in [1.29, 1.82) is 0 Å². The van der Waals surface area contributed by atoms with Crippen LogP contribution in [0.4, 0.5) is 5.69 Å². The summed E-state index contributed by atoms with van der Waals surface area (Å²) in [5.74, 6) is 0. The summed E-state index contributed by atoms with van der Waals surface area (Å²) in [5, 5.41) is 2.21. The predicted molar refractivity (Wildman–Crippen MR) is 76.5 cm³/mol. The van der Waals surface area contributed by atoms with Gasteiger partial charge in [0.1, 0.15) is 0 Å². The molecule has 0 spiro atoms. The van der Waals surface area contributed by atoms with Crippen molar-refractivity contribution < 1.29 is 0 Å². The van der Waals surface area contributed by atoms with Crippen LogP contribution in [0.25, 0.3) is 0 Å². The van der Waals surface area contributed by atoms with Crippen molar-refractivity contribution in [3.8, 4) is 0 Å². The third kappa shape index (κ3) is 2.27. The van der Waals surface area contributed by atoms with Gasteiger partial charge < -0.3 is 4.57 Å². The van der Waals surface area contributed by atoms with Crippen molar-refractivity contribution in [3.63, 3.8) is 0 Å². The summed E-state index contributed by atoms with van der Waals surface area (Å²) >= 11 is 1.75. The molecule has 0 amide bonds. The Morgan fingerprint density at radius 1 is 1.11 bits per heavy atom. The highest BCUT2D eigenvalue weighted by Crippen LogP contribution is 2.35. The smallest absolute Gasteiger partial charge is 0.190 e. The number of nitrogens with zero attached hydrogens (tertiary/aromatic N) is 2. The van der Waals surface area contributed by atoms with E-state index in [1.54, 1.807) is 11.3 Å². The maximum Gasteiger partial charge on any atom is 0.190 e. The summed E-state index contributed by atoms with van der Waals surface area (Å²) in [6.45, 7) is 6.43.